The number of amides is 2. The molecule has 2 heterocycles. The van der Waals surface area contributed by atoms with Gasteiger partial charge in [0.05, 0.1) is 31.1 Å². The topological polar surface area (TPSA) is 91.8 Å². The first-order valence-corrected chi connectivity index (χ1v) is 16.9. The smallest absolute Gasteiger partial charge is 0.326 e. The second-order valence-corrected chi connectivity index (χ2v) is 14.2. The molecule has 3 aromatic rings. The van der Waals surface area contributed by atoms with Crippen LogP contribution in [0.25, 0.3) is 0 Å². The summed E-state index contributed by atoms with van der Waals surface area (Å²) in [5.74, 6) is 1.55. The van der Waals surface area contributed by atoms with Crippen LogP contribution >= 0.6 is 23.2 Å². The summed E-state index contributed by atoms with van der Waals surface area (Å²) in [6, 6.07) is 19.4. The lowest BCUT2D eigenvalue weighted by atomic mass is 9.81. The molecule has 0 N–H and O–H groups in total. The first kappa shape index (κ1) is 32.1. The molecule has 0 bridgehead atoms. The second-order valence-electron chi connectivity index (χ2n) is 11.4. The number of urea groups is 1. The Bertz CT molecular complexity index is 1660. The maximum Gasteiger partial charge on any atom is 0.326 e. The van der Waals surface area contributed by atoms with Gasteiger partial charge in [-0.2, -0.15) is 4.31 Å². The lowest BCUT2D eigenvalue weighted by Gasteiger charge is -2.40. The molecule has 2 atom stereocenters. The molecule has 0 aromatic heterocycles. The predicted molar refractivity (Wildman–Crippen MR) is 174 cm³/mol. The van der Waals surface area contributed by atoms with Gasteiger partial charge in [-0.05, 0) is 68.3 Å². The van der Waals surface area contributed by atoms with E-state index >= 15 is 0 Å². The van der Waals surface area contributed by atoms with Crippen LogP contribution in [0.2, 0.25) is 10.0 Å². The van der Waals surface area contributed by atoms with Crippen LogP contribution in [-0.2, 0) is 15.6 Å². The molecule has 1 saturated heterocycles. The Balaban J connectivity index is 1.70. The lowest BCUT2D eigenvalue weighted by Crippen LogP contribution is -2.55. The van der Waals surface area contributed by atoms with Crippen molar-refractivity contribution in [2.24, 2.45) is 4.99 Å². The molecule has 2 unspecified atom stereocenters. The molecular weight excluding hydrogens is 623 g/mol. The van der Waals surface area contributed by atoms with Crippen molar-refractivity contribution in [2.45, 2.75) is 38.5 Å². The Morgan fingerprint density at radius 1 is 0.955 bits per heavy atom. The number of carbonyl (C=O) groups excluding carboxylic acids is 1. The summed E-state index contributed by atoms with van der Waals surface area (Å²) in [5, 5.41) is 1.15. The van der Waals surface area contributed by atoms with E-state index in [9.17, 15) is 13.2 Å². The molecule has 2 aliphatic heterocycles. The van der Waals surface area contributed by atoms with E-state index < -0.39 is 21.6 Å². The van der Waals surface area contributed by atoms with Crippen LogP contribution in [0.3, 0.4) is 0 Å². The number of hydrogen-bond acceptors (Lipinski definition) is 6. The van der Waals surface area contributed by atoms with Crippen LogP contribution in [0.4, 0.5) is 4.79 Å². The standard InChI is InChI=1S/C32H36Cl2N4O5S/c1-21(2)43-28-20-26(42-4)14-15-27(28)30-35-32(3,23-8-12-25(34)13-9-23)29(22-6-10-24(33)11-7-22)38(30)31(39)36-16-18-37(19-17-36)44(5,40)41/h6-15,20-21,29H,16-19H2,1-5H3. The minimum Gasteiger partial charge on any atom is -0.497 e. The third-order valence-corrected chi connectivity index (χ3v) is 9.76. The third kappa shape index (κ3) is 6.40. The van der Waals surface area contributed by atoms with E-state index in [0.717, 1.165) is 11.1 Å². The number of halogens is 2. The fraction of sp³-hybridized carbons (Fsp3) is 0.375. The summed E-state index contributed by atoms with van der Waals surface area (Å²) in [7, 11) is -1.80. The third-order valence-electron chi connectivity index (χ3n) is 7.95. The fourth-order valence-corrected chi connectivity index (χ4v) is 6.84. The van der Waals surface area contributed by atoms with Gasteiger partial charge in [0.25, 0.3) is 0 Å². The molecule has 0 radical (unpaired) electrons. The summed E-state index contributed by atoms with van der Waals surface area (Å²) >= 11 is 12.6. The van der Waals surface area contributed by atoms with Crippen LogP contribution < -0.4 is 9.47 Å². The highest BCUT2D eigenvalue weighted by Crippen LogP contribution is 2.50. The van der Waals surface area contributed by atoms with E-state index in [2.05, 4.69) is 0 Å². The number of amidine groups is 1. The van der Waals surface area contributed by atoms with Gasteiger partial charge in [0.2, 0.25) is 10.0 Å². The predicted octanol–water partition coefficient (Wildman–Crippen LogP) is 6.21. The highest BCUT2D eigenvalue weighted by molar-refractivity contribution is 7.88. The molecule has 0 saturated carbocycles. The van der Waals surface area contributed by atoms with Crippen LogP contribution in [0.15, 0.2) is 71.7 Å². The van der Waals surface area contributed by atoms with Crippen molar-refractivity contribution < 1.29 is 22.7 Å². The van der Waals surface area contributed by atoms with Crippen LogP contribution in [0, 0.1) is 0 Å². The Labute approximate surface area is 269 Å². The van der Waals surface area contributed by atoms with E-state index in [4.69, 9.17) is 37.7 Å². The van der Waals surface area contributed by atoms with Crippen molar-refractivity contribution in [1.29, 1.82) is 0 Å². The van der Waals surface area contributed by atoms with E-state index in [1.807, 2.05) is 69.3 Å². The summed E-state index contributed by atoms with van der Waals surface area (Å²) in [6.45, 7) is 6.73. The molecule has 5 rings (SSSR count). The Morgan fingerprint density at radius 3 is 2.09 bits per heavy atom. The summed E-state index contributed by atoms with van der Waals surface area (Å²) in [4.78, 5) is 23.4. The van der Waals surface area contributed by atoms with Crippen molar-refractivity contribution >= 4 is 45.1 Å². The molecule has 9 nitrogen and oxygen atoms in total. The molecule has 2 aliphatic rings. The van der Waals surface area contributed by atoms with Crippen molar-refractivity contribution in [1.82, 2.24) is 14.1 Å². The highest BCUT2D eigenvalue weighted by atomic mass is 35.5. The van der Waals surface area contributed by atoms with Gasteiger partial charge in [-0.25, -0.2) is 13.2 Å². The number of benzene rings is 3. The number of hydrogen-bond donors (Lipinski definition) is 0. The van der Waals surface area contributed by atoms with E-state index in [-0.39, 0.29) is 38.3 Å². The normalized spacial score (nSPS) is 21.0. The quantitative estimate of drug-likeness (QED) is 0.301. The molecule has 234 valence electrons. The maximum atomic E-state index is 14.7. The van der Waals surface area contributed by atoms with Crippen LogP contribution in [0.1, 0.15) is 43.5 Å². The Hall–Kier alpha value is -3.31. The van der Waals surface area contributed by atoms with E-state index in [0.29, 0.717) is 32.9 Å². The van der Waals surface area contributed by atoms with Gasteiger partial charge in [-0.3, -0.25) is 9.89 Å². The minimum absolute atomic E-state index is 0.161. The monoisotopic (exact) mass is 658 g/mol. The number of carbonyl (C=O) groups is 1. The Morgan fingerprint density at radius 2 is 1.55 bits per heavy atom. The first-order valence-electron chi connectivity index (χ1n) is 14.3. The average Bonchev–Trinajstić information content (AvgIpc) is 3.30. The van der Waals surface area contributed by atoms with Gasteiger partial charge in [-0.15, -0.1) is 0 Å². The molecule has 2 amide bonds. The second kappa shape index (κ2) is 12.6. The summed E-state index contributed by atoms with van der Waals surface area (Å²) in [5.41, 5.74) is 1.36. The van der Waals surface area contributed by atoms with Gasteiger partial charge in [-0.1, -0.05) is 47.5 Å². The molecule has 0 spiro atoms. The number of ether oxygens (including phenoxy) is 2. The summed E-state index contributed by atoms with van der Waals surface area (Å²) in [6.07, 6.45) is 1.02. The molecule has 3 aromatic carbocycles. The molecule has 1 fully saturated rings. The van der Waals surface area contributed by atoms with E-state index in [1.165, 1.54) is 10.6 Å². The molecule has 12 heteroatoms. The molecule has 44 heavy (non-hydrogen) atoms. The molecular formula is C32H36Cl2N4O5S. The van der Waals surface area contributed by atoms with Crippen molar-refractivity contribution in [3.05, 3.63) is 93.5 Å². The number of sulfonamides is 1. The van der Waals surface area contributed by atoms with Crippen LogP contribution in [-0.4, -0.2) is 80.0 Å². The highest BCUT2D eigenvalue weighted by Gasteiger charge is 2.52. The SMILES string of the molecule is COc1ccc(C2=NC(C)(c3ccc(Cl)cc3)C(c3ccc(Cl)cc3)N2C(=O)N2CCN(S(C)(=O)=O)CC2)c(OC(C)C)c1. The number of methoxy groups -OCH3 is 1. The first-order chi connectivity index (χ1) is 20.8. The zero-order valence-corrected chi connectivity index (χ0v) is 27.7. The van der Waals surface area contributed by atoms with Gasteiger partial charge >= 0.3 is 6.03 Å². The zero-order valence-electron chi connectivity index (χ0n) is 25.3. The van der Waals surface area contributed by atoms with E-state index in [1.54, 1.807) is 35.1 Å². The van der Waals surface area contributed by atoms with Gasteiger partial charge in [0, 0.05) is 42.3 Å². The van der Waals surface area contributed by atoms with Crippen molar-refractivity contribution in [2.75, 3.05) is 39.5 Å². The van der Waals surface area contributed by atoms with Gasteiger partial charge in [0.1, 0.15) is 22.9 Å². The van der Waals surface area contributed by atoms with Gasteiger partial charge in [0.15, 0.2) is 0 Å². The fourth-order valence-electron chi connectivity index (χ4n) is 5.76. The zero-order chi connectivity index (χ0) is 31.8. The van der Waals surface area contributed by atoms with Gasteiger partial charge < -0.3 is 14.4 Å². The summed E-state index contributed by atoms with van der Waals surface area (Å²) < 4.78 is 37.6. The minimum atomic E-state index is -3.38. The average molecular weight is 660 g/mol. The number of rotatable bonds is 7. The number of aliphatic imine (C=N–C) groups is 1. The largest absolute Gasteiger partial charge is 0.497 e. The van der Waals surface area contributed by atoms with Crippen molar-refractivity contribution in [3.8, 4) is 11.5 Å². The van der Waals surface area contributed by atoms with Crippen molar-refractivity contribution in [3.63, 3.8) is 0 Å². The Kier molecular flexibility index (Phi) is 9.18. The molecule has 0 aliphatic carbocycles. The lowest BCUT2D eigenvalue weighted by molar-refractivity contribution is 0.136. The maximum absolute atomic E-state index is 14.7. The number of piperazine rings is 1. The number of nitrogens with zero attached hydrogens (tertiary/aromatic N) is 4. The van der Waals surface area contributed by atoms with Crippen LogP contribution in [0.5, 0.6) is 11.5 Å².